The molecule has 0 unspecified atom stereocenters. The van der Waals surface area contributed by atoms with Crippen molar-refractivity contribution in [3.63, 3.8) is 0 Å². The third-order valence-electron chi connectivity index (χ3n) is 4.03. The fourth-order valence-electron chi connectivity index (χ4n) is 2.94. The van der Waals surface area contributed by atoms with Crippen LogP contribution in [0, 0.1) is 5.92 Å². The number of carbonyl (C=O) groups excluding carboxylic acids is 2. The Kier molecular flexibility index (Phi) is 4.15. The third kappa shape index (κ3) is 2.86. The number of aromatic nitrogens is 2. The maximum Gasteiger partial charge on any atom is 0.249 e. The van der Waals surface area contributed by atoms with Crippen molar-refractivity contribution in [3.8, 4) is 0 Å². The lowest BCUT2D eigenvalue weighted by molar-refractivity contribution is -0.135. The average molecular weight is 340 g/mol. The Morgan fingerprint density at radius 1 is 1.50 bits per heavy atom. The molecule has 0 aromatic carbocycles. The van der Waals surface area contributed by atoms with Gasteiger partial charge in [-0.15, -0.1) is 22.0 Å². The van der Waals surface area contributed by atoms with Crippen molar-refractivity contribution in [1.82, 2.24) is 15.1 Å². The molecule has 0 radical (unpaired) electrons. The van der Waals surface area contributed by atoms with E-state index in [4.69, 9.17) is 0 Å². The van der Waals surface area contributed by atoms with Crippen LogP contribution >= 0.6 is 23.1 Å². The van der Waals surface area contributed by atoms with Gasteiger partial charge in [-0.05, 0) is 19.3 Å². The summed E-state index contributed by atoms with van der Waals surface area (Å²) in [6.07, 6.45) is 2.21. The first-order valence-electron chi connectivity index (χ1n) is 7.48. The minimum Gasteiger partial charge on any atom is -0.315 e. The summed E-state index contributed by atoms with van der Waals surface area (Å²) in [4.78, 5) is 26.1. The lowest BCUT2D eigenvalue weighted by Gasteiger charge is -2.29. The molecule has 8 heteroatoms. The number of nitrogens with zero attached hydrogens (tertiary/aromatic N) is 3. The van der Waals surface area contributed by atoms with Crippen LogP contribution in [0.5, 0.6) is 0 Å². The summed E-state index contributed by atoms with van der Waals surface area (Å²) in [6.45, 7) is 6.28. The summed E-state index contributed by atoms with van der Waals surface area (Å²) in [5.74, 6) is 1.07. The van der Waals surface area contributed by atoms with Gasteiger partial charge < -0.3 is 4.90 Å². The second-order valence-electron chi connectivity index (χ2n) is 6.35. The summed E-state index contributed by atoms with van der Waals surface area (Å²) in [6, 6.07) is -0.401. The Morgan fingerprint density at radius 2 is 2.27 bits per heavy atom. The van der Waals surface area contributed by atoms with Crippen LogP contribution in [0.3, 0.4) is 0 Å². The Bertz CT molecular complexity index is 603. The van der Waals surface area contributed by atoms with E-state index in [2.05, 4.69) is 29.4 Å². The van der Waals surface area contributed by atoms with E-state index >= 15 is 0 Å². The molecule has 120 valence electrons. The van der Waals surface area contributed by atoms with Crippen LogP contribution in [0.25, 0.3) is 0 Å². The fourth-order valence-corrected chi connectivity index (χ4v) is 5.33. The second kappa shape index (κ2) is 5.81. The smallest absolute Gasteiger partial charge is 0.249 e. The molecular formula is C14H20N4O2S2. The molecule has 2 amide bonds. The summed E-state index contributed by atoms with van der Waals surface area (Å²) < 4.78 is 0. The number of hydrogen-bond acceptors (Lipinski definition) is 6. The highest BCUT2D eigenvalue weighted by Gasteiger charge is 2.52. The maximum atomic E-state index is 12.5. The number of anilines is 1. The molecule has 22 heavy (non-hydrogen) atoms. The van der Waals surface area contributed by atoms with Gasteiger partial charge in [0, 0.05) is 18.6 Å². The lowest BCUT2D eigenvalue weighted by Crippen LogP contribution is -2.48. The molecule has 2 saturated heterocycles. The number of carbonyl (C=O) groups is 2. The molecule has 0 spiro atoms. The van der Waals surface area contributed by atoms with Crippen molar-refractivity contribution < 1.29 is 9.59 Å². The molecular weight excluding hydrogens is 320 g/mol. The topological polar surface area (TPSA) is 75.2 Å². The molecule has 0 bridgehead atoms. The Hall–Kier alpha value is -1.15. The molecule has 2 fully saturated rings. The van der Waals surface area contributed by atoms with Crippen LogP contribution in [-0.4, -0.2) is 43.6 Å². The Morgan fingerprint density at radius 3 is 3.00 bits per heavy atom. The predicted octanol–water partition coefficient (Wildman–Crippen LogP) is 2.13. The molecule has 1 aromatic rings. The van der Waals surface area contributed by atoms with E-state index in [-0.39, 0.29) is 16.7 Å². The van der Waals surface area contributed by atoms with Crippen LogP contribution < -0.4 is 5.32 Å². The van der Waals surface area contributed by atoms with E-state index in [0.29, 0.717) is 23.2 Å². The number of amides is 2. The van der Waals surface area contributed by atoms with E-state index in [9.17, 15) is 9.59 Å². The number of rotatable bonds is 4. The minimum absolute atomic E-state index is 0.0745. The van der Waals surface area contributed by atoms with Gasteiger partial charge in [0.1, 0.15) is 11.0 Å². The minimum atomic E-state index is -0.401. The molecule has 2 aliphatic rings. The summed E-state index contributed by atoms with van der Waals surface area (Å²) in [5.41, 5.74) is 0. The van der Waals surface area contributed by atoms with Gasteiger partial charge in [-0.3, -0.25) is 14.9 Å². The van der Waals surface area contributed by atoms with Gasteiger partial charge in [-0.1, -0.05) is 25.2 Å². The van der Waals surface area contributed by atoms with Crippen molar-refractivity contribution in [3.05, 3.63) is 5.01 Å². The van der Waals surface area contributed by atoms with Gasteiger partial charge >= 0.3 is 0 Å². The van der Waals surface area contributed by atoms with E-state index in [0.717, 1.165) is 17.8 Å². The Balaban J connectivity index is 1.67. The number of fused-ring (bicyclic) bond motifs is 1. The normalized spacial score (nSPS) is 27.5. The Labute approximate surface area is 138 Å². The number of thioether (sulfide) groups is 1. The molecule has 3 heterocycles. The molecule has 6 nitrogen and oxygen atoms in total. The van der Waals surface area contributed by atoms with Crippen LogP contribution in [0.1, 0.15) is 38.6 Å². The van der Waals surface area contributed by atoms with Crippen LogP contribution in [0.2, 0.25) is 0 Å². The van der Waals surface area contributed by atoms with Crippen molar-refractivity contribution in [2.45, 2.75) is 50.9 Å². The van der Waals surface area contributed by atoms with Crippen molar-refractivity contribution in [2.75, 3.05) is 11.1 Å². The van der Waals surface area contributed by atoms with Gasteiger partial charge in [0.15, 0.2) is 0 Å². The van der Waals surface area contributed by atoms with E-state index in [1.54, 1.807) is 16.7 Å². The van der Waals surface area contributed by atoms with Crippen molar-refractivity contribution >= 4 is 40.0 Å². The zero-order valence-electron chi connectivity index (χ0n) is 13.0. The zero-order valence-corrected chi connectivity index (χ0v) is 14.6. The number of hydrogen-bond donors (Lipinski definition) is 1. The van der Waals surface area contributed by atoms with Crippen LogP contribution in [0.4, 0.5) is 5.13 Å². The first-order valence-corrected chi connectivity index (χ1v) is 9.28. The van der Waals surface area contributed by atoms with Gasteiger partial charge in [0.05, 0.1) is 4.87 Å². The molecule has 3 rings (SSSR count). The van der Waals surface area contributed by atoms with Crippen LogP contribution in [0.15, 0.2) is 0 Å². The predicted molar refractivity (Wildman–Crippen MR) is 87.8 cm³/mol. The van der Waals surface area contributed by atoms with Crippen LogP contribution in [-0.2, 0) is 16.0 Å². The van der Waals surface area contributed by atoms with Crippen molar-refractivity contribution in [2.24, 2.45) is 5.92 Å². The van der Waals surface area contributed by atoms with E-state index in [1.807, 2.05) is 6.92 Å². The summed E-state index contributed by atoms with van der Waals surface area (Å²) in [7, 11) is 0. The largest absolute Gasteiger partial charge is 0.315 e. The first kappa shape index (κ1) is 15.7. The third-order valence-corrected chi connectivity index (χ3v) is 6.39. The molecule has 0 saturated carbocycles. The number of nitrogens with one attached hydrogen (secondary N) is 1. The highest BCUT2D eigenvalue weighted by atomic mass is 32.2. The van der Waals surface area contributed by atoms with E-state index < -0.39 is 6.04 Å². The average Bonchev–Trinajstić information content (AvgIpc) is 3.07. The molecule has 1 N–H and O–H groups in total. The monoisotopic (exact) mass is 340 g/mol. The van der Waals surface area contributed by atoms with Gasteiger partial charge in [-0.2, -0.15) is 0 Å². The second-order valence-corrected chi connectivity index (χ2v) is 8.92. The highest BCUT2D eigenvalue weighted by molar-refractivity contribution is 8.01. The van der Waals surface area contributed by atoms with Gasteiger partial charge in [0.25, 0.3) is 0 Å². The molecule has 2 aliphatic heterocycles. The first-order chi connectivity index (χ1) is 10.4. The summed E-state index contributed by atoms with van der Waals surface area (Å²) >= 11 is 3.10. The van der Waals surface area contributed by atoms with E-state index in [1.165, 1.54) is 11.3 Å². The SMILES string of the molecule is CC(C)Cc1nnc(NC(=O)[C@H]2CS[C@@]3(C)CCC(=O)N23)s1. The zero-order chi connectivity index (χ0) is 15.9. The lowest BCUT2D eigenvalue weighted by atomic mass is 10.1. The quantitative estimate of drug-likeness (QED) is 0.909. The fraction of sp³-hybridized carbons (Fsp3) is 0.714. The standard InChI is InChI=1S/C14H20N4O2S2/c1-8(2)6-10-16-17-13(22-10)15-12(20)9-7-21-14(3)5-4-11(19)18(9)14/h8-9H,4-7H2,1-3H3,(H,15,17,20)/t9-,14+/m1/s1. The molecule has 0 aliphatic carbocycles. The maximum absolute atomic E-state index is 12.5. The van der Waals surface area contributed by atoms with Gasteiger partial charge in [0.2, 0.25) is 16.9 Å². The molecule has 1 aromatic heterocycles. The van der Waals surface area contributed by atoms with Crippen molar-refractivity contribution in [1.29, 1.82) is 0 Å². The van der Waals surface area contributed by atoms with Gasteiger partial charge in [-0.25, -0.2) is 0 Å². The summed E-state index contributed by atoms with van der Waals surface area (Å²) in [5, 5.41) is 12.4. The molecule has 2 atom stereocenters. The highest BCUT2D eigenvalue weighted by Crippen LogP contribution is 2.47.